The summed E-state index contributed by atoms with van der Waals surface area (Å²) in [6.45, 7) is 12.2. The van der Waals surface area contributed by atoms with Gasteiger partial charge in [-0.05, 0) is 62.4 Å². The third kappa shape index (κ3) is 4.47. The van der Waals surface area contributed by atoms with E-state index in [9.17, 15) is 0 Å². The number of rotatable bonds is 8. The van der Waals surface area contributed by atoms with Crippen LogP contribution in [0, 0.1) is 0 Å². The maximum Gasteiger partial charge on any atom is 0.130 e. The molecular formula is C24H33NO2. The van der Waals surface area contributed by atoms with Gasteiger partial charge in [0, 0.05) is 30.8 Å². The monoisotopic (exact) mass is 367 g/mol. The molecule has 0 aliphatic carbocycles. The Balaban J connectivity index is 1.99. The van der Waals surface area contributed by atoms with E-state index in [-0.39, 0.29) is 0 Å². The molecule has 3 rings (SSSR count). The molecule has 0 spiro atoms. The largest absolute Gasteiger partial charge is 0.494 e. The minimum Gasteiger partial charge on any atom is -0.494 e. The van der Waals surface area contributed by atoms with Crippen LogP contribution in [0.25, 0.3) is 11.1 Å². The molecule has 0 N–H and O–H groups in total. The minimum absolute atomic E-state index is 0.628. The molecule has 2 aromatic rings. The van der Waals surface area contributed by atoms with E-state index >= 15 is 0 Å². The van der Waals surface area contributed by atoms with Crippen molar-refractivity contribution in [3.8, 4) is 22.6 Å². The fourth-order valence-corrected chi connectivity index (χ4v) is 4.09. The molecule has 0 fully saturated rings. The molecule has 1 aliphatic heterocycles. The quantitative estimate of drug-likeness (QED) is 0.597. The van der Waals surface area contributed by atoms with Gasteiger partial charge in [0.05, 0.1) is 13.2 Å². The van der Waals surface area contributed by atoms with Gasteiger partial charge >= 0.3 is 0 Å². The number of nitrogens with zero attached hydrogens (tertiary/aromatic N) is 1. The van der Waals surface area contributed by atoms with Crippen molar-refractivity contribution >= 4 is 0 Å². The van der Waals surface area contributed by atoms with Crippen molar-refractivity contribution in [2.45, 2.75) is 59.5 Å². The van der Waals surface area contributed by atoms with Gasteiger partial charge < -0.3 is 9.47 Å². The maximum absolute atomic E-state index is 5.99. The van der Waals surface area contributed by atoms with Crippen LogP contribution in [0.15, 0.2) is 36.4 Å². The average Bonchev–Trinajstić information content (AvgIpc) is 2.68. The van der Waals surface area contributed by atoms with E-state index in [1.807, 2.05) is 19.9 Å². The van der Waals surface area contributed by atoms with Gasteiger partial charge in [-0.1, -0.05) is 31.5 Å². The van der Waals surface area contributed by atoms with Gasteiger partial charge in [0.1, 0.15) is 11.5 Å². The van der Waals surface area contributed by atoms with Crippen LogP contribution >= 0.6 is 0 Å². The highest BCUT2D eigenvalue weighted by atomic mass is 16.5. The molecule has 3 nitrogen and oxygen atoms in total. The highest BCUT2D eigenvalue weighted by molar-refractivity contribution is 5.75. The number of hydrogen-bond acceptors (Lipinski definition) is 3. The molecule has 27 heavy (non-hydrogen) atoms. The van der Waals surface area contributed by atoms with Gasteiger partial charge in [0.15, 0.2) is 0 Å². The van der Waals surface area contributed by atoms with Crippen molar-refractivity contribution in [2.75, 3.05) is 19.8 Å². The third-order valence-electron chi connectivity index (χ3n) is 5.49. The molecule has 0 saturated heterocycles. The number of hydrogen-bond donors (Lipinski definition) is 0. The van der Waals surface area contributed by atoms with Crippen LogP contribution < -0.4 is 9.47 Å². The summed E-state index contributed by atoms with van der Waals surface area (Å²) >= 11 is 0. The fourth-order valence-electron chi connectivity index (χ4n) is 4.09. The Morgan fingerprint density at radius 2 is 1.81 bits per heavy atom. The summed E-state index contributed by atoms with van der Waals surface area (Å²) in [6.07, 6.45) is 3.61. The van der Waals surface area contributed by atoms with E-state index in [0.29, 0.717) is 19.3 Å². The maximum atomic E-state index is 5.99. The first-order chi connectivity index (χ1) is 13.2. The second kappa shape index (κ2) is 9.27. The van der Waals surface area contributed by atoms with Crippen LogP contribution in [0.2, 0.25) is 0 Å². The van der Waals surface area contributed by atoms with Crippen molar-refractivity contribution in [2.24, 2.45) is 0 Å². The van der Waals surface area contributed by atoms with E-state index in [4.69, 9.17) is 9.47 Å². The molecule has 1 unspecified atom stereocenters. The normalized spacial score (nSPS) is 15.3. The minimum atomic E-state index is 0.628. The molecule has 0 radical (unpaired) electrons. The molecule has 0 amide bonds. The number of fused-ring (bicyclic) bond motifs is 1. The van der Waals surface area contributed by atoms with Crippen molar-refractivity contribution in [3.05, 3.63) is 47.5 Å². The van der Waals surface area contributed by atoms with E-state index in [0.717, 1.165) is 31.0 Å². The molecule has 146 valence electrons. The van der Waals surface area contributed by atoms with E-state index in [2.05, 4.69) is 49.1 Å². The second-order valence-electron chi connectivity index (χ2n) is 7.33. The SMILES string of the molecule is CCCC(C)N1CCc2cccc(-c3ccc(OCC)cc3OCC)c2C1. The summed E-state index contributed by atoms with van der Waals surface area (Å²) < 4.78 is 11.7. The lowest BCUT2D eigenvalue weighted by atomic mass is 9.90. The highest BCUT2D eigenvalue weighted by Gasteiger charge is 2.23. The molecule has 0 saturated carbocycles. The predicted molar refractivity (Wildman–Crippen MR) is 113 cm³/mol. The first-order valence-electron chi connectivity index (χ1n) is 10.4. The van der Waals surface area contributed by atoms with Crippen molar-refractivity contribution < 1.29 is 9.47 Å². The molecule has 1 heterocycles. The lowest BCUT2D eigenvalue weighted by Crippen LogP contribution is -2.37. The van der Waals surface area contributed by atoms with Crippen LogP contribution in [-0.2, 0) is 13.0 Å². The van der Waals surface area contributed by atoms with Gasteiger partial charge in [-0.2, -0.15) is 0 Å². The topological polar surface area (TPSA) is 21.7 Å². The lowest BCUT2D eigenvalue weighted by Gasteiger charge is -2.35. The summed E-state index contributed by atoms with van der Waals surface area (Å²) in [5, 5.41) is 0. The highest BCUT2D eigenvalue weighted by Crippen LogP contribution is 2.38. The van der Waals surface area contributed by atoms with E-state index in [1.165, 1.54) is 35.1 Å². The van der Waals surface area contributed by atoms with Crippen LogP contribution in [0.3, 0.4) is 0 Å². The van der Waals surface area contributed by atoms with Crippen LogP contribution in [-0.4, -0.2) is 30.7 Å². The molecule has 1 aliphatic rings. The van der Waals surface area contributed by atoms with Gasteiger partial charge in [-0.15, -0.1) is 0 Å². The smallest absolute Gasteiger partial charge is 0.130 e. The zero-order valence-corrected chi connectivity index (χ0v) is 17.3. The first-order valence-corrected chi connectivity index (χ1v) is 10.4. The summed E-state index contributed by atoms with van der Waals surface area (Å²) in [5.74, 6) is 1.78. The van der Waals surface area contributed by atoms with Crippen molar-refractivity contribution in [3.63, 3.8) is 0 Å². The van der Waals surface area contributed by atoms with E-state index in [1.54, 1.807) is 0 Å². The Bertz CT molecular complexity index is 756. The Morgan fingerprint density at radius 3 is 2.56 bits per heavy atom. The third-order valence-corrected chi connectivity index (χ3v) is 5.49. The summed E-state index contributed by atoms with van der Waals surface area (Å²) in [4.78, 5) is 2.63. The molecule has 3 heteroatoms. The van der Waals surface area contributed by atoms with Crippen LogP contribution in [0.5, 0.6) is 11.5 Å². The van der Waals surface area contributed by atoms with Crippen LogP contribution in [0.4, 0.5) is 0 Å². The summed E-state index contributed by atoms with van der Waals surface area (Å²) in [5.41, 5.74) is 5.40. The first kappa shape index (κ1) is 19.8. The van der Waals surface area contributed by atoms with Gasteiger partial charge in [-0.3, -0.25) is 4.90 Å². The van der Waals surface area contributed by atoms with Crippen molar-refractivity contribution in [1.29, 1.82) is 0 Å². The molecule has 0 aromatic heterocycles. The van der Waals surface area contributed by atoms with Gasteiger partial charge in [-0.25, -0.2) is 0 Å². The number of benzene rings is 2. The summed E-state index contributed by atoms with van der Waals surface area (Å²) in [7, 11) is 0. The Kier molecular flexibility index (Phi) is 6.78. The zero-order chi connectivity index (χ0) is 19.2. The average molecular weight is 368 g/mol. The van der Waals surface area contributed by atoms with Crippen molar-refractivity contribution in [1.82, 2.24) is 4.90 Å². The van der Waals surface area contributed by atoms with Crippen LogP contribution in [0.1, 0.15) is 51.7 Å². The second-order valence-corrected chi connectivity index (χ2v) is 7.33. The Labute approximate surface area is 164 Å². The molecular weight excluding hydrogens is 334 g/mol. The molecule has 0 bridgehead atoms. The molecule has 2 aromatic carbocycles. The lowest BCUT2D eigenvalue weighted by molar-refractivity contribution is 0.181. The standard InChI is InChI=1S/C24H33NO2/c1-5-9-18(4)25-15-14-19-10-8-11-21(23(19)17-25)22-13-12-20(26-6-2)16-24(22)27-7-3/h8,10-13,16,18H,5-7,9,14-15,17H2,1-4H3. The van der Waals surface area contributed by atoms with Gasteiger partial charge in [0.2, 0.25) is 0 Å². The summed E-state index contributed by atoms with van der Waals surface area (Å²) in [6, 6.07) is 13.6. The van der Waals surface area contributed by atoms with E-state index < -0.39 is 0 Å². The Hall–Kier alpha value is -2.00. The molecule has 1 atom stereocenters. The van der Waals surface area contributed by atoms with Gasteiger partial charge in [0.25, 0.3) is 0 Å². The number of ether oxygens (including phenoxy) is 2. The predicted octanol–water partition coefficient (Wildman–Crippen LogP) is 5.70. The zero-order valence-electron chi connectivity index (χ0n) is 17.3. The Morgan fingerprint density at radius 1 is 1.00 bits per heavy atom. The fraction of sp³-hybridized carbons (Fsp3) is 0.500.